The molecule has 2 aromatic rings. The van der Waals surface area contributed by atoms with Gasteiger partial charge < -0.3 is 10.5 Å². The summed E-state index contributed by atoms with van der Waals surface area (Å²) in [6, 6.07) is 9.98. The van der Waals surface area contributed by atoms with Crippen LogP contribution in [0, 0.1) is 0 Å². The normalized spacial score (nSPS) is 10.7. The molecule has 102 valence electrons. The number of benzene rings is 1. The van der Waals surface area contributed by atoms with Crippen molar-refractivity contribution in [1.29, 1.82) is 0 Å². The first-order valence-corrected chi connectivity index (χ1v) is 7.61. The highest BCUT2D eigenvalue weighted by Gasteiger charge is 2.06. The Balaban J connectivity index is 2.05. The Morgan fingerprint density at radius 2 is 2.00 bits per heavy atom. The molecule has 0 amide bonds. The second kappa shape index (κ2) is 6.94. The molecule has 0 atom stereocenters. The average molecular weight is 296 g/mol. The topological polar surface area (TPSA) is 35.2 Å². The van der Waals surface area contributed by atoms with Crippen LogP contribution in [0.5, 0.6) is 5.75 Å². The molecule has 0 fully saturated rings. The third-order valence-electron chi connectivity index (χ3n) is 2.87. The maximum absolute atomic E-state index is 6.00. The van der Waals surface area contributed by atoms with Crippen LogP contribution in [0.4, 0.5) is 0 Å². The molecule has 0 aliphatic heterocycles. The number of hydrogen-bond donors (Lipinski definition) is 1. The van der Waals surface area contributed by atoms with Crippen molar-refractivity contribution in [3.8, 4) is 5.75 Å². The van der Waals surface area contributed by atoms with Gasteiger partial charge in [-0.05, 0) is 55.3 Å². The van der Waals surface area contributed by atoms with E-state index in [-0.39, 0.29) is 0 Å². The Kier molecular flexibility index (Phi) is 5.25. The van der Waals surface area contributed by atoms with Gasteiger partial charge in [0.05, 0.1) is 0 Å². The summed E-state index contributed by atoms with van der Waals surface area (Å²) in [5.41, 5.74) is 6.68. The summed E-state index contributed by atoms with van der Waals surface area (Å²) in [5, 5.41) is 0.722. The van der Waals surface area contributed by atoms with Gasteiger partial charge in [0.1, 0.15) is 12.4 Å². The molecule has 0 saturated heterocycles. The SMILES string of the molecule is CCc1ccc(COc2ccc(Cl)cc2CCN)s1. The Morgan fingerprint density at radius 1 is 1.21 bits per heavy atom. The van der Waals surface area contributed by atoms with E-state index in [0.717, 1.165) is 29.2 Å². The summed E-state index contributed by atoms with van der Waals surface area (Å²) < 4.78 is 5.88. The minimum absolute atomic E-state index is 0.593. The molecule has 0 radical (unpaired) electrons. The highest BCUT2D eigenvalue weighted by Crippen LogP contribution is 2.25. The van der Waals surface area contributed by atoms with Crippen molar-refractivity contribution in [2.24, 2.45) is 5.73 Å². The van der Waals surface area contributed by atoms with Crippen molar-refractivity contribution >= 4 is 22.9 Å². The molecule has 0 spiro atoms. The number of thiophene rings is 1. The summed E-state index contributed by atoms with van der Waals surface area (Å²) in [6.45, 7) is 3.36. The smallest absolute Gasteiger partial charge is 0.123 e. The first kappa shape index (κ1) is 14.4. The van der Waals surface area contributed by atoms with E-state index in [1.165, 1.54) is 9.75 Å². The van der Waals surface area contributed by atoms with E-state index >= 15 is 0 Å². The lowest BCUT2D eigenvalue weighted by atomic mass is 10.1. The predicted octanol–water partition coefficient (Wildman–Crippen LogP) is 4.04. The van der Waals surface area contributed by atoms with Crippen LogP contribution < -0.4 is 10.5 Å². The molecule has 0 saturated carbocycles. The molecule has 1 aromatic carbocycles. The van der Waals surface area contributed by atoms with E-state index in [2.05, 4.69) is 19.1 Å². The molecular weight excluding hydrogens is 278 g/mol. The summed E-state index contributed by atoms with van der Waals surface area (Å²) in [7, 11) is 0. The Bertz CT molecular complexity index is 539. The zero-order chi connectivity index (χ0) is 13.7. The number of halogens is 1. The molecule has 2 rings (SSSR count). The first-order chi connectivity index (χ1) is 9.22. The second-order valence-electron chi connectivity index (χ2n) is 4.30. The van der Waals surface area contributed by atoms with Gasteiger partial charge in [0.25, 0.3) is 0 Å². The zero-order valence-corrected chi connectivity index (χ0v) is 12.6. The highest BCUT2D eigenvalue weighted by atomic mass is 35.5. The monoisotopic (exact) mass is 295 g/mol. The van der Waals surface area contributed by atoms with E-state index in [1.54, 1.807) is 11.3 Å². The summed E-state index contributed by atoms with van der Waals surface area (Å²) in [6.07, 6.45) is 1.85. The van der Waals surface area contributed by atoms with Crippen LogP contribution in [-0.2, 0) is 19.4 Å². The van der Waals surface area contributed by atoms with Gasteiger partial charge in [-0.15, -0.1) is 11.3 Å². The number of rotatable bonds is 6. The molecule has 0 unspecified atom stereocenters. The molecule has 2 nitrogen and oxygen atoms in total. The molecular formula is C15H18ClNOS. The number of hydrogen-bond acceptors (Lipinski definition) is 3. The van der Waals surface area contributed by atoms with Gasteiger partial charge in [-0.2, -0.15) is 0 Å². The molecule has 1 aromatic heterocycles. The standard InChI is InChI=1S/C15H18ClNOS/c1-2-13-4-5-14(19-13)10-18-15-6-3-12(16)9-11(15)7-8-17/h3-6,9H,2,7-8,10,17H2,1H3. The molecule has 1 heterocycles. The minimum atomic E-state index is 0.593. The predicted molar refractivity (Wildman–Crippen MR) is 82.2 cm³/mol. The molecule has 0 aliphatic carbocycles. The summed E-state index contributed by atoms with van der Waals surface area (Å²) in [4.78, 5) is 2.63. The Morgan fingerprint density at radius 3 is 2.68 bits per heavy atom. The van der Waals surface area contributed by atoms with Gasteiger partial charge in [0, 0.05) is 14.8 Å². The van der Waals surface area contributed by atoms with Crippen LogP contribution in [0.1, 0.15) is 22.2 Å². The van der Waals surface area contributed by atoms with Crippen LogP contribution in [-0.4, -0.2) is 6.54 Å². The van der Waals surface area contributed by atoms with E-state index < -0.39 is 0 Å². The van der Waals surface area contributed by atoms with Gasteiger partial charge in [-0.1, -0.05) is 18.5 Å². The number of ether oxygens (including phenoxy) is 1. The van der Waals surface area contributed by atoms with Crippen molar-refractivity contribution in [3.05, 3.63) is 50.7 Å². The van der Waals surface area contributed by atoms with Crippen molar-refractivity contribution in [2.75, 3.05) is 6.54 Å². The van der Waals surface area contributed by atoms with Gasteiger partial charge >= 0.3 is 0 Å². The first-order valence-electron chi connectivity index (χ1n) is 6.41. The van der Waals surface area contributed by atoms with Crippen LogP contribution in [0.15, 0.2) is 30.3 Å². The number of nitrogens with two attached hydrogens (primary N) is 1. The van der Waals surface area contributed by atoms with E-state index in [9.17, 15) is 0 Å². The van der Waals surface area contributed by atoms with E-state index in [1.807, 2.05) is 18.2 Å². The van der Waals surface area contributed by atoms with Crippen molar-refractivity contribution in [1.82, 2.24) is 0 Å². The second-order valence-corrected chi connectivity index (χ2v) is 5.99. The van der Waals surface area contributed by atoms with Crippen molar-refractivity contribution in [2.45, 2.75) is 26.4 Å². The van der Waals surface area contributed by atoms with E-state index in [4.69, 9.17) is 22.1 Å². The lowest BCUT2D eigenvalue weighted by Crippen LogP contribution is -2.05. The fraction of sp³-hybridized carbons (Fsp3) is 0.333. The zero-order valence-electron chi connectivity index (χ0n) is 11.0. The van der Waals surface area contributed by atoms with Crippen molar-refractivity contribution in [3.63, 3.8) is 0 Å². The van der Waals surface area contributed by atoms with Gasteiger partial charge in [-0.3, -0.25) is 0 Å². The summed E-state index contributed by atoms with van der Waals surface area (Å²) >= 11 is 7.80. The molecule has 19 heavy (non-hydrogen) atoms. The maximum Gasteiger partial charge on any atom is 0.123 e. The molecule has 4 heteroatoms. The molecule has 0 bridgehead atoms. The minimum Gasteiger partial charge on any atom is -0.488 e. The largest absolute Gasteiger partial charge is 0.488 e. The molecule has 2 N–H and O–H groups in total. The lowest BCUT2D eigenvalue weighted by Gasteiger charge is -2.10. The fourth-order valence-corrected chi connectivity index (χ4v) is 2.94. The van der Waals surface area contributed by atoms with Gasteiger partial charge in [-0.25, -0.2) is 0 Å². The van der Waals surface area contributed by atoms with Crippen LogP contribution in [0.25, 0.3) is 0 Å². The Labute approximate surface area is 123 Å². The van der Waals surface area contributed by atoms with Crippen LogP contribution in [0.3, 0.4) is 0 Å². The van der Waals surface area contributed by atoms with Gasteiger partial charge in [0.2, 0.25) is 0 Å². The molecule has 0 aliphatic rings. The quantitative estimate of drug-likeness (QED) is 0.873. The highest BCUT2D eigenvalue weighted by molar-refractivity contribution is 7.11. The fourth-order valence-electron chi connectivity index (χ4n) is 1.88. The number of aryl methyl sites for hydroxylation is 1. The van der Waals surface area contributed by atoms with Gasteiger partial charge in [0.15, 0.2) is 0 Å². The third kappa shape index (κ3) is 3.96. The lowest BCUT2D eigenvalue weighted by molar-refractivity contribution is 0.306. The van der Waals surface area contributed by atoms with Crippen LogP contribution in [0.2, 0.25) is 5.02 Å². The average Bonchev–Trinajstić information content (AvgIpc) is 2.86. The van der Waals surface area contributed by atoms with Crippen LogP contribution >= 0.6 is 22.9 Å². The Hall–Kier alpha value is -1.03. The maximum atomic E-state index is 6.00. The van der Waals surface area contributed by atoms with E-state index in [0.29, 0.717) is 13.2 Å². The summed E-state index contributed by atoms with van der Waals surface area (Å²) in [5.74, 6) is 0.876. The third-order valence-corrected chi connectivity index (χ3v) is 4.31. The van der Waals surface area contributed by atoms with Crippen molar-refractivity contribution < 1.29 is 4.74 Å².